The fourth-order valence-electron chi connectivity index (χ4n) is 1.92. The first-order valence-corrected chi connectivity index (χ1v) is 5.31. The van der Waals surface area contributed by atoms with Gasteiger partial charge in [-0.05, 0) is 39.5 Å². The average molecular weight is 200 g/mol. The van der Waals surface area contributed by atoms with Gasteiger partial charge in [-0.15, -0.1) is 0 Å². The van der Waals surface area contributed by atoms with E-state index in [1.165, 1.54) is 0 Å². The number of carbonyl (C=O) groups is 1. The third-order valence-electron chi connectivity index (χ3n) is 2.86. The second-order valence-electron chi connectivity index (χ2n) is 4.19. The first-order valence-electron chi connectivity index (χ1n) is 5.31. The molecule has 0 aromatic carbocycles. The van der Waals surface area contributed by atoms with E-state index in [4.69, 9.17) is 9.47 Å². The molecule has 0 saturated heterocycles. The zero-order valence-corrected chi connectivity index (χ0v) is 9.34. The third kappa shape index (κ3) is 2.55. The first kappa shape index (κ1) is 11.7. The first-order chi connectivity index (χ1) is 6.60. The van der Waals surface area contributed by atoms with E-state index >= 15 is 0 Å². The molecule has 1 aliphatic rings. The molecule has 0 amide bonds. The summed E-state index contributed by atoms with van der Waals surface area (Å²) in [7, 11) is 1.62. The molecule has 0 spiro atoms. The van der Waals surface area contributed by atoms with Crippen LogP contribution in [0.15, 0.2) is 0 Å². The van der Waals surface area contributed by atoms with Crippen molar-refractivity contribution < 1.29 is 14.3 Å². The number of Topliss-reactive ketones (excluding diaryl/α,β-unsaturated/α-hetero) is 1. The molecule has 1 aliphatic carbocycles. The topological polar surface area (TPSA) is 35.5 Å². The standard InChI is InChI=1S/C11H20O3/c1-9(2)14-8-10(12)11(13-3)6-4-5-7-11/h9H,4-8H2,1-3H3. The summed E-state index contributed by atoms with van der Waals surface area (Å²) in [5.74, 6) is 0.103. The summed E-state index contributed by atoms with van der Waals surface area (Å²) in [5.41, 5.74) is -0.533. The lowest BCUT2D eigenvalue weighted by Crippen LogP contribution is -2.40. The van der Waals surface area contributed by atoms with E-state index in [0.717, 1.165) is 25.7 Å². The Morgan fingerprint density at radius 1 is 1.36 bits per heavy atom. The minimum Gasteiger partial charge on any atom is -0.371 e. The van der Waals surface area contributed by atoms with Crippen molar-refractivity contribution in [1.82, 2.24) is 0 Å². The highest BCUT2D eigenvalue weighted by molar-refractivity contribution is 5.88. The van der Waals surface area contributed by atoms with Crippen LogP contribution >= 0.6 is 0 Å². The van der Waals surface area contributed by atoms with Crippen molar-refractivity contribution in [2.45, 2.75) is 51.2 Å². The fraction of sp³-hybridized carbons (Fsp3) is 0.909. The Morgan fingerprint density at radius 3 is 2.36 bits per heavy atom. The van der Waals surface area contributed by atoms with Crippen LogP contribution < -0.4 is 0 Å². The SMILES string of the molecule is COC1(C(=O)COC(C)C)CCCC1. The summed E-state index contributed by atoms with van der Waals surface area (Å²) < 4.78 is 10.7. The van der Waals surface area contributed by atoms with Gasteiger partial charge in [0.25, 0.3) is 0 Å². The monoisotopic (exact) mass is 200 g/mol. The summed E-state index contributed by atoms with van der Waals surface area (Å²) in [6.45, 7) is 4.05. The summed E-state index contributed by atoms with van der Waals surface area (Å²) in [6.07, 6.45) is 3.98. The Labute approximate surface area is 85.8 Å². The van der Waals surface area contributed by atoms with Crippen LogP contribution in [-0.4, -0.2) is 31.2 Å². The lowest BCUT2D eigenvalue weighted by Gasteiger charge is -2.25. The van der Waals surface area contributed by atoms with E-state index in [1.54, 1.807) is 7.11 Å². The van der Waals surface area contributed by atoms with Gasteiger partial charge < -0.3 is 9.47 Å². The van der Waals surface area contributed by atoms with Gasteiger partial charge in [-0.1, -0.05) is 0 Å². The van der Waals surface area contributed by atoms with E-state index in [-0.39, 0.29) is 18.5 Å². The zero-order chi connectivity index (χ0) is 10.6. The predicted octanol–water partition coefficient (Wildman–Crippen LogP) is 1.94. The zero-order valence-electron chi connectivity index (χ0n) is 9.34. The second-order valence-corrected chi connectivity index (χ2v) is 4.19. The number of ether oxygens (including phenoxy) is 2. The number of ketones is 1. The molecule has 0 heterocycles. The molecule has 1 fully saturated rings. The van der Waals surface area contributed by atoms with Crippen molar-refractivity contribution in [1.29, 1.82) is 0 Å². The minimum absolute atomic E-state index is 0.103. The van der Waals surface area contributed by atoms with Crippen LogP contribution in [0.1, 0.15) is 39.5 Å². The molecule has 0 bridgehead atoms. The van der Waals surface area contributed by atoms with Gasteiger partial charge in [0.1, 0.15) is 12.2 Å². The Bertz CT molecular complexity index is 193. The van der Waals surface area contributed by atoms with Crippen molar-refractivity contribution >= 4 is 5.78 Å². The summed E-state index contributed by atoms with van der Waals surface area (Å²) >= 11 is 0. The van der Waals surface area contributed by atoms with Gasteiger partial charge in [-0.2, -0.15) is 0 Å². The number of hydrogen-bond acceptors (Lipinski definition) is 3. The highest BCUT2D eigenvalue weighted by atomic mass is 16.5. The van der Waals surface area contributed by atoms with Crippen molar-refractivity contribution in [3.05, 3.63) is 0 Å². The van der Waals surface area contributed by atoms with Gasteiger partial charge >= 0.3 is 0 Å². The molecular weight excluding hydrogens is 180 g/mol. The molecule has 14 heavy (non-hydrogen) atoms. The Hall–Kier alpha value is -0.410. The highest BCUT2D eigenvalue weighted by Gasteiger charge is 2.40. The van der Waals surface area contributed by atoms with Crippen molar-refractivity contribution in [2.75, 3.05) is 13.7 Å². The quantitative estimate of drug-likeness (QED) is 0.680. The number of hydrogen-bond donors (Lipinski definition) is 0. The lowest BCUT2D eigenvalue weighted by molar-refractivity contribution is -0.146. The van der Waals surface area contributed by atoms with Gasteiger partial charge in [0.2, 0.25) is 0 Å². The van der Waals surface area contributed by atoms with E-state index in [2.05, 4.69) is 0 Å². The summed E-state index contributed by atoms with van der Waals surface area (Å²) in [5, 5.41) is 0. The lowest BCUT2D eigenvalue weighted by atomic mass is 9.97. The Morgan fingerprint density at radius 2 is 1.93 bits per heavy atom. The maximum Gasteiger partial charge on any atom is 0.190 e. The molecule has 82 valence electrons. The second kappa shape index (κ2) is 4.89. The van der Waals surface area contributed by atoms with Crippen LogP contribution in [0.4, 0.5) is 0 Å². The third-order valence-corrected chi connectivity index (χ3v) is 2.86. The van der Waals surface area contributed by atoms with E-state index in [0.29, 0.717) is 0 Å². The number of methoxy groups -OCH3 is 1. The maximum atomic E-state index is 11.9. The van der Waals surface area contributed by atoms with Crippen LogP contribution in [0.3, 0.4) is 0 Å². The molecule has 0 aromatic heterocycles. The highest BCUT2D eigenvalue weighted by Crippen LogP contribution is 2.33. The van der Waals surface area contributed by atoms with Gasteiger partial charge in [0, 0.05) is 7.11 Å². The molecule has 1 rings (SSSR count). The molecule has 3 nitrogen and oxygen atoms in total. The maximum absolute atomic E-state index is 11.9. The normalized spacial score (nSPS) is 20.3. The molecule has 0 aromatic rings. The molecule has 3 heteroatoms. The van der Waals surface area contributed by atoms with Crippen molar-refractivity contribution in [3.63, 3.8) is 0 Å². The van der Waals surface area contributed by atoms with Crippen molar-refractivity contribution in [3.8, 4) is 0 Å². The van der Waals surface area contributed by atoms with Gasteiger partial charge in [0.15, 0.2) is 5.78 Å². The predicted molar refractivity (Wildman–Crippen MR) is 54.3 cm³/mol. The van der Waals surface area contributed by atoms with E-state index in [9.17, 15) is 4.79 Å². The molecule has 0 radical (unpaired) electrons. The minimum atomic E-state index is -0.533. The molecule has 1 saturated carbocycles. The molecule has 0 atom stereocenters. The van der Waals surface area contributed by atoms with Gasteiger partial charge in [-0.3, -0.25) is 4.79 Å². The van der Waals surface area contributed by atoms with Crippen LogP contribution in [0.2, 0.25) is 0 Å². The van der Waals surface area contributed by atoms with Crippen LogP contribution in [-0.2, 0) is 14.3 Å². The van der Waals surface area contributed by atoms with Crippen LogP contribution in [0.5, 0.6) is 0 Å². The van der Waals surface area contributed by atoms with Crippen LogP contribution in [0.25, 0.3) is 0 Å². The largest absolute Gasteiger partial charge is 0.371 e. The van der Waals surface area contributed by atoms with Crippen LogP contribution in [0, 0.1) is 0 Å². The van der Waals surface area contributed by atoms with E-state index < -0.39 is 5.60 Å². The van der Waals surface area contributed by atoms with E-state index in [1.807, 2.05) is 13.8 Å². The number of rotatable bonds is 5. The molecule has 0 unspecified atom stereocenters. The Balaban J connectivity index is 2.48. The smallest absolute Gasteiger partial charge is 0.190 e. The van der Waals surface area contributed by atoms with Crippen molar-refractivity contribution in [2.24, 2.45) is 0 Å². The Kier molecular flexibility index (Phi) is 4.08. The molecule has 0 aliphatic heterocycles. The van der Waals surface area contributed by atoms with Gasteiger partial charge in [0.05, 0.1) is 6.10 Å². The fourth-order valence-corrected chi connectivity index (χ4v) is 1.92. The molecule has 0 N–H and O–H groups in total. The van der Waals surface area contributed by atoms with Gasteiger partial charge in [-0.25, -0.2) is 0 Å². The summed E-state index contributed by atoms with van der Waals surface area (Å²) in [4.78, 5) is 11.9. The summed E-state index contributed by atoms with van der Waals surface area (Å²) in [6, 6.07) is 0. The number of carbonyl (C=O) groups excluding carboxylic acids is 1. The average Bonchev–Trinajstić information content (AvgIpc) is 2.63. The molecular formula is C11H20O3.